The van der Waals surface area contributed by atoms with Crippen molar-refractivity contribution in [3.63, 3.8) is 0 Å². The Hall–Kier alpha value is -1.66. The third kappa shape index (κ3) is 3.82. The van der Waals surface area contributed by atoms with Crippen LogP contribution in [0.15, 0.2) is 58.2 Å². The van der Waals surface area contributed by atoms with Gasteiger partial charge in [-0.2, -0.15) is 0 Å². The second kappa shape index (κ2) is 7.27. The van der Waals surface area contributed by atoms with E-state index in [2.05, 4.69) is 49.8 Å². The first-order chi connectivity index (χ1) is 11.2. The molecule has 3 nitrogen and oxygen atoms in total. The zero-order valence-corrected chi connectivity index (χ0v) is 14.9. The van der Waals surface area contributed by atoms with E-state index in [1.54, 1.807) is 23.9 Å². The van der Waals surface area contributed by atoms with Crippen LogP contribution in [-0.4, -0.2) is 14.8 Å². The molecule has 0 bridgehead atoms. The maximum absolute atomic E-state index is 13.1. The average Bonchev–Trinajstić information content (AvgIpc) is 2.96. The smallest absolute Gasteiger partial charge is 0.191 e. The van der Waals surface area contributed by atoms with E-state index in [1.165, 1.54) is 17.7 Å². The molecular weight excluding hydrogens is 377 g/mol. The van der Waals surface area contributed by atoms with Crippen LogP contribution in [0.3, 0.4) is 0 Å². The Kier molecular flexibility index (Phi) is 5.13. The fourth-order valence-corrected chi connectivity index (χ4v) is 3.66. The Morgan fingerprint density at radius 2 is 1.91 bits per heavy atom. The molecule has 0 amide bonds. The number of hydrogen-bond acceptors (Lipinski definition) is 3. The molecule has 0 N–H and O–H groups in total. The van der Waals surface area contributed by atoms with Crippen molar-refractivity contribution in [2.75, 3.05) is 0 Å². The Bertz CT molecular complexity index is 802. The Labute approximate surface area is 147 Å². The fraction of sp³-hybridized carbons (Fsp3) is 0.176. The van der Waals surface area contributed by atoms with Crippen molar-refractivity contribution in [3.05, 3.63) is 64.4 Å². The first-order valence-electron chi connectivity index (χ1n) is 7.23. The molecule has 118 valence electrons. The lowest BCUT2D eigenvalue weighted by atomic mass is 10.2. The fourth-order valence-electron chi connectivity index (χ4n) is 2.27. The van der Waals surface area contributed by atoms with Crippen LogP contribution in [-0.2, 0) is 12.3 Å². The highest BCUT2D eigenvalue weighted by Gasteiger charge is 2.13. The predicted molar refractivity (Wildman–Crippen MR) is 94.8 cm³/mol. The van der Waals surface area contributed by atoms with Gasteiger partial charge in [0.2, 0.25) is 0 Å². The van der Waals surface area contributed by atoms with E-state index >= 15 is 0 Å². The summed E-state index contributed by atoms with van der Waals surface area (Å²) in [5, 5.41) is 9.44. The summed E-state index contributed by atoms with van der Waals surface area (Å²) in [5.41, 5.74) is 2.09. The number of halogens is 2. The van der Waals surface area contributed by atoms with Gasteiger partial charge in [0, 0.05) is 22.3 Å². The van der Waals surface area contributed by atoms with Gasteiger partial charge >= 0.3 is 0 Å². The number of thioether (sulfide) groups is 1. The van der Waals surface area contributed by atoms with Gasteiger partial charge in [-0.3, -0.25) is 0 Å². The summed E-state index contributed by atoms with van der Waals surface area (Å²) < 4.78 is 16.2. The first kappa shape index (κ1) is 16.2. The topological polar surface area (TPSA) is 30.7 Å². The molecule has 0 aliphatic carbocycles. The van der Waals surface area contributed by atoms with Gasteiger partial charge in [0.25, 0.3) is 0 Å². The lowest BCUT2D eigenvalue weighted by Crippen LogP contribution is -2.00. The van der Waals surface area contributed by atoms with Crippen LogP contribution in [0.5, 0.6) is 0 Å². The summed E-state index contributed by atoms with van der Waals surface area (Å²) in [6.07, 6.45) is 0. The molecule has 3 rings (SSSR count). The molecule has 0 atom stereocenters. The molecule has 1 aromatic heterocycles. The first-order valence-corrected chi connectivity index (χ1v) is 9.01. The molecule has 1 heterocycles. The molecule has 0 unspecified atom stereocenters. The van der Waals surface area contributed by atoms with Crippen molar-refractivity contribution in [1.82, 2.24) is 14.8 Å². The summed E-state index contributed by atoms with van der Waals surface area (Å²) in [6.45, 7) is 2.82. The molecular formula is C17H15BrFN3S. The molecule has 0 saturated carbocycles. The third-order valence-electron chi connectivity index (χ3n) is 3.39. The van der Waals surface area contributed by atoms with Crippen LogP contribution in [0, 0.1) is 5.82 Å². The summed E-state index contributed by atoms with van der Waals surface area (Å²) in [5.74, 6) is 1.34. The molecule has 6 heteroatoms. The maximum Gasteiger partial charge on any atom is 0.191 e. The molecule has 0 aliphatic rings. The molecule has 0 radical (unpaired) electrons. The molecule has 2 aromatic carbocycles. The SMILES string of the molecule is CCn1c(SCc2cccc(Br)c2)nnc1-c1ccc(F)cc1. The lowest BCUT2D eigenvalue weighted by molar-refractivity contribution is 0.627. The number of rotatable bonds is 5. The Morgan fingerprint density at radius 1 is 1.13 bits per heavy atom. The maximum atomic E-state index is 13.1. The van der Waals surface area contributed by atoms with Gasteiger partial charge in [0.05, 0.1) is 0 Å². The average molecular weight is 392 g/mol. The summed E-state index contributed by atoms with van der Waals surface area (Å²) in [4.78, 5) is 0. The van der Waals surface area contributed by atoms with E-state index in [9.17, 15) is 4.39 Å². The van der Waals surface area contributed by atoms with Gasteiger partial charge in [-0.15, -0.1) is 10.2 Å². The van der Waals surface area contributed by atoms with E-state index in [0.717, 1.165) is 33.3 Å². The molecule has 0 aliphatic heterocycles. The van der Waals surface area contributed by atoms with E-state index < -0.39 is 0 Å². The molecule has 0 saturated heterocycles. The van der Waals surface area contributed by atoms with E-state index in [-0.39, 0.29) is 5.82 Å². The Morgan fingerprint density at radius 3 is 2.61 bits per heavy atom. The molecule has 23 heavy (non-hydrogen) atoms. The van der Waals surface area contributed by atoms with Crippen molar-refractivity contribution in [3.8, 4) is 11.4 Å². The van der Waals surface area contributed by atoms with Crippen LogP contribution in [0.4, 0.5) is 4.39 Å². The largest absolute Gasteiger partial charge is 0.302 e. The second-order valence-corrected chi connectivity index (χ2v) is 6.83. The highest BCUT2D eigenvalue weighted by atomic mass is 79.9. The van der Waals surface area contributed by atoms with Gasteiger partial charge in [0.15, 0.2) is 11.0 Å². The number of benzene rings is 2. The van der Waals surface area contributed by atoms with Gasteiger partial charge < -0.3 is 4.57 Å². The van der Waals surface area contributed by atoms with Crippen LogP contribution in [0.2, 0.25) is 0 Å². The third-order valence-corrected chi connectivity index (χ3v) is 4.92. The highest BCUT2D eigenvalue weighted by Crippen LogP contribution is 2.27. The summed E-state index contributed by atoms with van der Waals surface area (Å²) in [6, 6.07) is 14.6. The highest BCUT2D eigenvalue weighted by molar-refractivity contribution is 9.10. The number of nitrogens with zero attached hydrogens (tertiary/aromatic N) is 3. The predicted octanol–water partition coefficient (Wildman–Crippen LogP) is 5.16. The van der Waals surface area contributed by atoms with Gasteiger partial charge in [-0.05, 0) is 48.9 Å². The van der Waals surface area contributed by atoms with Gasteiger partial charge in [-0.1, -0.05) is 39.8 Å². The van der Waals surface area contributed by atoms with Crippen LogP contribution >= 0.6 is 27.7 Å². The second-order valence-electron chi connectivity index (χ2n) is 4.98. The summed E-state index contributed by atoms with van der Waals surface area (Å²) in [7, 11) is 0. The van der Waals surface area contributed by atoms with Gasteiger partial charge in [0.1, 0.15) is 5.82 Å². The normalized spacial score (nSPS) is 10.9. The monoisotopic (exact) mass is 391 g/mol. The molecule has 3 aromatic rings. The minimum Gasteiger partial charge on any atom is -0.302 e. The van der Waals surface area contributed by atoms with Crippen LogP contribution < -0.4 is 0 Å². The minimum absolute atomic E-state index is 0.249. The zero-order valence-electron chi connectivity index (χ0n) is 12.5. The van der Waals surface area contributed by atoms with Crippen LogP contribution in [0.1, 0.15) is 12.5 Å². The lowest BCUT2D eigenvalue weighted by Gasteiger charge is -2.07. The minimum atomic E-state index is -0.249. The van der Waals surface area contributed by atoms with Crippen LogP contribution in [0.25, 0.3) is 11.4 Å². The molecule has 0 fully saturated rings. The zero-order chi connectivity index (χ0) is 16.2. The van der Waals surface area contributed by atoms with Crippen molar-refractivity contribution in [2.24, 2.45) is 0 Å². The van der Waals surface area contributed by atoms with E-state index in [0.29, 0.717) is 0 Å². The molecule has 0 spiro atoms. The Balaban J connectivity index is 1.82. The number of hydrogen-bond donors (Lipinski definition) is 0. The van der Waals surface area contributed by atoms with Crippen molar-refractivity contribution < 1.29 is 4.39 Å². The van der Waals surface area contributed by atoms with E-state index in [1.807, 2.05) is 12.1 Å². The standard InChI is InChI=1S/C17H15BrFN3S/c1-2-22-16(13-6-8-15(19)9-7-13)20-21-17(22)23-11-12-4-3-5-14(18)10-12/h3-10H,2,11H2,1H3. The summed E-state index contributed by atoms with van der Waals surface area (Å²) >= 11 is 5.13. The quantitative estimate of drug-likeness (QED) is 0.562. The number of aromatic nitrogens is 3. The van der Waals surface area contributed by atoms with Crippen molar-refractivity contribution in [1.29, 1.82) is 0 Å². The van der Waals surface area contributed by atoms with Crippen molar-refractivity contribution in [2.45, 2.75) is 24.4 Å². The van der Waals surface area contributed by atoms with E-state index in [4.69, 9.17) is 0 Å². The van der Waals surface area contributed by atoms with Gasteiger partial charge in [-0.25, -0.2) is 4.39 Å². The van der Waals surface area contributed by atoms with Crippen molar-refractivity contribution >= 4 is 27.7 Å².